The van der Waals surface area contributed by atoms with Gasteiger partial charge >= 0.3 is 0 Å². The van der Waals surface area contributed by atoms with E-state index in [0.717, 1.165) is 12.8 Å². The Morgan fingerprint density at radius 2 is 2.26 bits per heavy atom. The van der Waals surface area contributed by atoms with Gasteiger partial charge in [-0.15, -0.1) is 0 Å². The van der Waals surface area contributed by atoms with Crippen LogP contribution in [0.2, 0.25) is 5.02 Å². The molecule has 1 saturated heterocycles. The van der Waals surface area contributed by atoms with Crippen molar-refractivity contribution in [2.75, 3.05) is 20.1 Å². The lowest BCUT2D eigenvalue weighted by Crippen LogP contribution is -2.40. The van der Waals surface area contributed by atoms with Crippen LogP contribution in [-0.2, 0) is 10.0 Å². The minimum atomic E-state index is -3.50. The van der Waals surface area contributed by atoms with Gasteiger partial charge < -0.3 is 5.32 Å². The average molecular weight is 368 g/mol. The van der Waals surface area contributed by atoms with Crippen LogP contribution in [0.25, 0.3) is 0 Å². The molecule has 0 aliphatic carbocycles. The monoisotopic (exact) mass is 366 g/mol. The molecular formula is C12H16BrClN2O2S. The summed E-state index contributed by atoms with van der Waals surface area (Å²) >= 11 is 9.25. The summed E-state index contributed by atoms with van der Waals surface area (Å²) in [5, 5.41) is 3.45. The second kappa shape index (κ2) is 6.10. The van der Waals surface area contributed by atoms with Gasteiger partial charge in [0, 0.05) is 19.1 Å². The molecule has 4 nitrogen and oxygen atoms in total. The lowest BCUT2D eigenvalue weighted by atomic mass is 10.2. The molecule has 1 atom stereocenters. The average Bonchev–Trinajstić information content (AvgIpc) is 2.82. The largest absolute Gasteiger partial charge is 0.318 e. The van der Waals surface area contributed by atoms with Gasteiger partial charge in [-0.05, 0) is 48.0 Å². The molecular weight excluding hydrogens is 352 g/mol. The Morgan fingerprint density at radius 3 is 2.95 bits per heavy atom. The van der Waals surface area contributed by atoms with E-state index in [0.29, 0.717) is 22.6 Å². The quantitative estimate of drug-likeness (QED) is 0.889. The number of halogens is 2. The first-order valence-electron chi connectivity index (χ1n) is 6.09. The van der Waals surface area contributed by atoms with Gasteiger partial charge in [-0.2, -0.15) is 4.31 Å². The van der Waals surface area contributed by atoms with Crippen LogP contribution in [-0.4, -0.2) is 38.9 Å². The SMILES string of the molecule is CNCC1CCCN1S(=O)(=O)c1cccc(Cl)c1Br. The fourth-order valence-electron chi connectivity index (χ4n) is 2.37. The molecule has 1 heterocycles. The lowest BCUT2D eigenvalue weighted by Gasteiger charge is -2.24. The van der Waals surface area contributed by atoms with Crippen molar-refractivity contribution in [2.45, 2.75) is 23.8 Å². The van der Waals surface area contributed by atoms with E-state index < -0.39 is 10.0 Å². The molecule has 0 amide bonds. The van der Waals surface area contributed by atoms with Crippen molar-refractivity contribution >= 4 is 37.6 Å². The van der Waals surface area contributed by atoms with Gasteiger partial charge in [-0.25, -0.2) is 8.42 Å². The Balaban J connectivity index is 2.39. The third-order valence-corrected chi connectivity index (χ3v) is 6.92. The van der Waals surface area contributed by atoms with Gasteiger partial charge in [0.15, 0.2) is 0 Å². The number of rotatable bonds is 4. The van der Waals surface area contributed by atoms with Crippen LogP contribution in [0.15, 0.2) is 27.6 Å². The van der Waals surface area contributed by atoms with Crippen LogP contribution in [0.4, 0.5) is 0 Å². The summed E-state index contributed by atoms with van der Waals surface area (Å²) in [6.45, 7) is 1.23. The zero-order valence-corrected chi connectivity index (χ0v) is 13.7. The highest BCUT2D eigenvalue weighted by atomic mass is 79.9. The fourth-order valence-corrected chi connectivity index (χ4v) is 5.26. The van der Waals surface area contributed by atoms with Crippen LogP contribution in [0.5, 0.6) is 0 Å². The second-order valence-corrected chi connectivity index (χ2v) is 7.58. The molecule has 7 heteroatoms. The van der Waals surface area contributed by atoms with Crippen LogP contribution < -0.4 is 5.32 Å². The smallest absolute Gasteiger partial charge is 0.244 e. The van der Waals surface area contributed by atoms with Gasteiger partial charge in [-0.1, -0.05) is 17.7 Å². The maximum atomic E-state index is 12.7. The van der Waals surface area contributed by atoms with Crippen molar-refractivity contribution in [3.63, 3.8) is 0 Å². The first-order valence-corrected chi connectivity index (χ1v) is 8.70. The third kappa shape index (κ3) is 2.97. The zero-order valence-electron chi connectivity index (χ0n) is 10.6. The number of nitrogens with one attached hydrogen (secondary N) is 1. The normalized spacial score (nSPS) is 20.9. The predicted octanol–water partition coefficient (Wildman–Crippen LogP) is 2.48. The number of hydrogen-bond acceptors (Lipinski definition) is 3. The molecule has 0 bridgehead atoms. The van der Waals surface area contributed by atoms with Gasteiger partial charge in [-0.3, -0.25) is 0 Å². The van der Waals surface area contributed by atoms with Crippen molar-refractivity contribution in [2.24, 2.45) is 0 Å². The standard InChI is InChI=1S/C12H16BrClN2O2S/c1-15-8-9-4-3-7-16(9)19(17,18)11-6-2-5-10(14)12(11)13/h2,5-6,9,15H,3-4,7-8H2,1H3. The van der Waals surface area contributed by atoms with E-state index in [1.54, 1.807) is 22.5 Å². The van der Waals surface area contributed by atoms with E-state index >= 15 is 0 Å². The minimum Gasteiger partial charge on any atom is -0.318 e. The van der Waals surface area contributed by atoms with Crippen LogP contribution in [0.3, 0.4) is 0 Å². The second-order valence-electron chi connectivity index (χ2n) is 4.52. The summed E-state index contributed by atoms with van der Waals surface area (Å²) in [4.78, 5) is 0.239. The van der Waals surface area contributed by atoms with Gasteiger partial charge in [0.05, 0.1) is 14.4 Å². The highest BCUT2D eigenvalue weighted by molar-refractivity contribution is 9.10. The van der Waals surface area contributed by atoms with E-state index in [1.807, 2.05) is 7.05 Å². The molecule has 1 N–H and O–H groups in total. The van der Waals surface area contributed by atoms with Crippen molar-refractivity contribution in [3.8, 4) is 0 Å². The molecule has 0 radical (unpaired) electrons. The van der Waals surface area contributed by atoms with Crippen molar-refractivity contribution in [3.05, 3.63) is 27.7 Å². The zero-order chi connectivity index (χ0) is 14.0. The van der Waals surface area contributed by atoms with Crippen LogP contribution >= 0.6 is 27.5 Å². The Labute approximate surface area is 127 Å². The molecule has 1 aromatic carbocycles. The molecule has 19 heavy (non-hydrogen) atoms. The first-order chi connectivity index (χ1) is 8.98. The number of sulfonamides is 1. The molecule has 0 aromatic heterocycles. The maximum Gasteiger partial charge on any atom is 0.244 e. The van der Waals surface area contributed by atoms with Crippen LogP contribution in [0.1, 0.15) is 12.8 Å². The summed E-state index contributed by atoms with van der Waals surface area (Å²) in [7, 11) is -1.67. The summed E-state index contributed by atoms with van der Waals surface area (Å²) in [5.74, 6) is 0. The van der Waals surface area contributed by atoms with Crippen molar-refractivity contribution in [1.29, 1.82) is 0 Å². The van der Waals surface area contributed by atoms with Crippen molar-refractivity contribution < 1.29 is 8.42 Å². The summed E-state index contributed by atoms with van der Waals surface area (Å²) < 4.78 is 27.4. The number of nitrogens with zero attached hydrogens (tertiary/aromatic N) is 1. The highest BCUT2D eigenvalue weighted by Gasteiger charge is 2.36. The molecule has 1 unspecified atom stereocenters. The van der Waals surface area contributed by atoms with Crippen molar-refractivity contribution in [1.82, 2.24) is 9.62 Å². The van der Waals surface area contributed by atoms with E-state index in [1.165, 1.54) is 0 Å². The third-order valence-electron chi connectivity index (χ3n) is 3.27. The van der Waals surface area contributed by atoms with Gasteiger partial charge in [0.25, 0.3) is 0 Å². The molecule has 2 rings (SSSR count). The maximum absolute atomic E-state index is 12.7. The molecule has 106 valence electrons. The summed E-state index contributed by atoms with van der Waals surface area (Å²) in [6, 6.07) is 4.92. The predicted molar refractivity (Wildman–Crippen MR) is 80.0 cm³/mol. The molecule has 0 spiro atoms. The molecule has 1 aliphatic rings. The van der Waals surface area contributed by atoms with E-state index in [2.05, 4.69) is 21.2 Å². The Bertz CT molecular complexity index is 565. The Kier molecular flexibility index (Phi) is 4.89. The van der Waals surface area contributed by atoms with Crippen LogP contribution in [0, 0.1) is 0 Å². The summed E-state index contributed by atoms with van der Waals surface area (Å²) in [5.41, 5.74) is 0. The summed E-state index contributed by atoms with van der Waals surface area (Å²) in [6.07, 6.45) is 1.78. The highest BCUT2D eigenvalue weighted by Crippen LogP contribution is 2.33. The number of likely N-dealkylation sites (N-methyl/N-ethyl adjacent to an activating group) is 1. The molecule has 0 saturated carbocycles. The first kappa shape index (κ1) is 15.3. The van der Waals surface area contributed by atoms with E-state index in [4.69, 9.17) is 11.6 Å². The Hall–Kier alpha value is -0.140. The minimum absolute atomic E-state index is 0.0147. The van der Waals surface area contributed by atoms with Gasteiger partial charge in [0.2, 0.25) is 10.0 Å². The molecule has 1 aliphatic heterocycles. The van der Waals surface area contributed by atoms with Gasteiger partial charge in [0.1, 0.15) is 0 Å². The topological polar surface area (TPSA) is 49.4 Å². The molecule has 1 aromatic rings. The number of benzene rings is 1. The molecule has 1 fully saturated rings. The fraction of sp³-hybridized carbons (Fsp3) is 0.500. The lowest BCUT2D eigenvalue weighted by molar-refractivity contribution is 0.379. The van der Waals surface area contributed by atoms with E-state index in [9.17, 15) is 8.42 Å². The Morgan fingerprint density at radius 1 is 1.53 bits per heavy atom. The van der Waals surface area contributed by atoms with E-state index in [-0.39, 0.29) is 10.9 Å². The number of hydrogen-bond donors (Lipinski definition) is 1.